The van der Waals surface area contributed by atoms with Crippen LogP contribution in [0.15, 0.2) is 54.1 Å². The molecule has 3 rings (SSSR count). The van der Waals surface area contributed by atoms with Crippen LogP contribution in [-0.4, -0.2) is 29.8 Å². The third kappa shape index (κ3) is 5.21. The summed E-state index contributed by atoms with van der Waals surface area (Å²) in [6, 6.07) is 9.59. The monoisotopic (exact) mass is 408 g/mol. The third-order valence-corrected chi connectivity index (χ3v) is 6.87. The molecule has 162 valence electrons. The highest BCUT2D eigenvalue weighted by atomic mass is 16.2. The predicted octanol–water partition coefficient (Wildman–Crippen LogP) is 5.44. The standard InChI is InChI=1S/C26H36N2O2/c1-5-19-12-14-20(15-13-19)21-16-22(24(29)27-23-10-8-7-9-11-23)18-28(17-21)25(30)26(3,4)6-2/h7-14,20-22H,5-6,15-18H2,1-4H3,(H,27,29)/t20-,21?,22?/m1/s1. The second-order valence-corrected chi connectivity index (χ2v) is 9.39. The topological polar surface area (TPSA) is 49.4 Å². The summed E-state index contributed by atoms with van der Waals surface area (Å²) in [5, 5.41) is 3.06. The van der Waals surface area contributed by atoms with E-state index in [1.165, 1.54) is 5.57 Å². The van der Waals surface area contributed by atoms with Crippen molar-refractivity contribution in [3.8, 4) is 0 Å². The number of carbonyl (C=O) groups is 2. The van der Waals surface area contributed by atoms with Crippen LogP contribution in [-0.2, 0) is 9.59 Å². The fourth-order valence-corrected chi connectivity index (χ4v) is 4.44. The minimum absolute atomic E-state index is 0.0163. The summed E-state index contributed by atoms with van der Waals surface area (Å²) in [5.74, 6) is 0.672. The molecule has 4 nitrogen and oxygen atoms in total. The molecule has 2 aliphatic rings. The van der Waals surface area contributed by atoms with Crippen molar-refractivity contribution in [2.75, 3.05) is 18.4 Å². The fraction of sp³-hybridized carbons (Fsp3) is 0.538. The number of benzene rings is 1. The molecular weight excluding hydrogens is 372 g/mol. The Morgan fingerprint density at radius 3 is 2.47 bits per heavy atom. The molecule has 2 unspecified atom stereocenters. The number of hydrogen-bond acceptors (Lipinski definition) is 2. The van der Waals surface area contributed by atoms with Crippen LogP contribution < -0.4 is 5.32 Å². The molecule has 4 heteroatoms. The minimum Gasteiger partial charge on any atom is -0.341 e. The lowest BCUT2D eigenvalue weighted by molar-refractivity contribution is -0.145. The average Bonchev–Trinajstić information content (AvgIpc) is 2.79. The molecule has 1 aromatic carbocycles. The first-order valence-corrected chi connectivity index (χ1v) is 11.4. The second-order valence-electron chi connectivity index (χ2n) is 9.39. The van der Waals surface area contributed by atoms with Gasteiger partial charge in [0.25, 0.3) is 0 Å². The lowest BCUT2D eigenvalue weighted by atomic mass is 9.76. The number of nitrogens with zero attached hydrogens (tertiary/aromatic N) is 1. The summed E-state index contributed by atoms with van der Waals surface area (Å²) >= 11 is 0. The summed E-state index contributed by atoms with van der Waals surface area (Å²) in [6.45, 7) is 9.49. The Balaban J connectivity index is 1.78. The number of allylic oxidation sites excluding steroid dienone is 4. The molecule has 0 bridgehead atoms. The molecule has 0 saturated carbocycles. The second kappa shape index (κ2) is 9.63. The van der Waals surface area contributed by atoms with Gasteiger partial charge >= 0.3 is 0 Å². The van der Waals surface area contributed by atoms with Crippen LogP contribution in [0.5, 0.6) is 0 Å². The van der Waals surface area contributed by atoms with Gasteiger partial charge in [-0.15, -0.1) is 0 Å². The van der Waals surface area contributed by atoms with E-state index >= 15 is 0 Å². The predicted molar refractivity (Wildman–Crippen MR) is 123 cm³/mol. The van der Waals surface area contributed by atoms with Gasteiger partial charge in [0.05, 0.1) is 5.92 Å². The molecular formula is C26H36N2O2. The molecule has 3 atom stereocenters. The van der Waals surface area contributed by atoms with Crippen molar-refractivity contribution in [1.29, 1.82) is 0 Å². The van der Waals surface area contributed by atoms with Gasteiger partial charge in [0.15, 0.2) is 0 Å². The van der Waals surface area contributed by atoms with Crippen molar-refractivity contribution in [2.45, 2.75) is 53.4 Å². The quantitative estimate of drug-likeness (QED) is 0.681. The Morgan fingerprint density at radius 1 is 1.13 bits per heavy atom. The number of piperidine rings is 1. The van der Waals surface area contributed by atoms with E-state index in [0.29, 0.717) is 18.4 Å². The van der Waals surface area contributed by atoms with E-state index in [1.807, 2.05) is 49.1 Å². The highest BCUT2D eigenvalue weighted by molar-refractivity contribution is 5.93. The lowest BCUT2D eigenvalue weighted by Gasteiger charge is -2.42. The summed E-state index contributed by atoms with van der Waals surface area (Å²) in [4.78, 5) is 28.3. The lowest BCUT2D eigenvalue weighted by Crippen LogP contribution is -2.52. The Kier molecular flexibility index (Phi) is 7.17. The fourth-order valence-electron chi connectivity index (χ4n) is 4.44. The van der Waals surface area contributed by atoms with Crippen LogP contribution in [0.1, 0.15) is 53.4 Å². The first-order valence-electron chi connectivity index (χ1n) is 11.4. The Labute approximate surface area is 181 Å². The number of para-hydroxylation sites is 1. The van der Waals surface area contributed by atoms with Crippen LogP contribution in [0, 0.1) is 23.2 Å². The zero-order valence-corrected chi connectivity index (χ0v) is 18.9. The number of amides is 2. The molecule has 2 amide bonds. The van der Waals surface area contributed by atoms with E-state index in [0.717, 1.165) is 37.9 Å². The molecule has 1 N–H and O–H groups in total. The van der Waals surface area contributed by atoms with Gasteiger partial charge in [0.2, 0.25) is 11.8 Å². The summed E-state index contributed by atoms with van der Waals surface area (Å²) in [7, 11) is 0. The molecule has 0 spiro atoms. The van der Waals surface area contributed by atoms with Crippen LogP contribution >= 0.6 is 0 Å². The van der Waals surface area contributed by atoms with Crippen molar-refractivity contribution in [2.24, 2.45) is 23.2 Å². The first kappa shape index (κ1) is 22.3. The SMILES string of the molecule is CCC1=CC[C@H](C2CC(C(=O)Nc3ccccc3)CN(C(=O)C(C)(C)CC)C2)C=C1. The van der Waals surface area contributed by atoms with Crippen LogP contribution in [0.2, 0.25) is 0 Å². The molecule has 1 heterocycles. The number of anilines is 1. The maximum atomic E-state index is 13.3. The molecule has 1 fully saturated rings. The average molecular weight is 409 g/mol. The van der Waals surface area contributed by atoms with Crippen molar-refractivity contribution in [3.05, 3.63) is 54.1 Å². The maximum absolute atomic E-state index is 13.3. The molecule has 1 aliphatic carbocycles. The number of nitrogens with one attached hydrogen (secondary N) is 1. The van der Waals surface area contributed by atoms with Crippen molar-refractivity contribution < 1.29 is 9.59 Å². The smallest absolute Gasteiger partial charge is 0.229 e. The van der Waals surface area contributed by atoms with Gasteiger partial charge in [-0.25, -0.2) is 0 Å². The first-order chi connectivity index (χ1) is 14.3. The van der Waals surface area contributed by atoms with E-state index in [9.17, 15) is 9.59 Å². The molecule has 30 heavy (non-hydrogen) atoms. The minimum atomic E-state index is -0.403. The van der Waals surface area contributed by atoms with Gasteiger partial charge in [-0.3, -0.25) is 9.59 Å². The van der Waals surface area contributed by atoms with Gasteiger partial charge in [-0.1, -0.05) is 69.7 Å². The van der Waals surface area contributed by atoms with Gasteiger partial charge in [0, 0.05) is 24.2 Å². The third-order valence-electron chi connectivity index (χ3n) is 6.87. The highest BCUT2D eigenvalue weighted by Crippen LogP contribution is 2.36. The maximum Gasteiger partial charge on any atom is 0.229 e. The highest BCUT2D eigenvalue weighted by Gasteiger charge is 2.40. The molecule has 1 aromatic rings. The Morgan fingerprint density at radius 2 is 1.87 bits per heavy atom. The molecule has 1 saturated heterocycles. The molecule has 0 aromatic heterocycles. The zero-order chi connectivity index (χ0) is 21.7. The summed E-state index contributed by atoms with van der Waals surface area (Å²) in [5.41, 5.74) is 1.78. The van der Waals surface area contributed by atoms with Crippen molar-refractivity contribution in [1.82, 2.24) is 4.90 Å². The summed E-state index contributed by atoms with van der Waals surface area (Å²) < 4.78 is 0. The Hall–Kier alpha value is -2.36. The van der Waals surface area contributed by atoms with Gasteiger partial charge in [0.1, 0.15) is 0 Å². The van der Waals surface area contributed by atoms with E-state index in [4.69, 9.17) is 0 Å². The normalized spacial score (nSPS) is 24.3. The number of rotatable bonds is 6. The largest absolute Gasteiger partial charge is 0.341 e. The van der Waals surface area contributed by atoms with Gasteiger partial charge in [-0.2, -0.15) is 0 Å². The molecule has 0 radical (unpaired) electrons. The van der Waals surface area contributed by atoms with Gasteiger partial charge in [-0.05, 0) is 49.7 Å². The number of carbonyl (C=O) groups excluding carboxylic acids is 2. The van der Waals surface area contributed by atoms with E-state index < -0.39 is 5.41 Å². The van der Waals surface area contributed by atoms with Crippen molar-refractivity contribution >= 4 is 17.5 Å². The van der Waals surface area contributed by atoms with Gasteiger partial charge < -0.3 is 10.2 Å². The van der Waals surface area contributed by atoms with E-state index in [1.54, 1.807) is 0 Å². The number of likely N-dealkylation sites (tertiary alicyclic amines) is 1. The Bertz CT molecular complexity index is 810. The van der Waals surface area contributed by atoms with Crippen LogP contribution in [0.4, 0.5) is 5.69 Å². The summed E-state index contributed by atoms with van der Waals surface area (Å²) in [6.07, 6.45) is 10.5. The number of hydrogen-bond donors (Lipinski definition) is 1. The van der Waals surface area contributed by atoms with Crippen LogP contribution in [0.25, 0.3) is 0 Å². The zero-order valence-electron chi connectivity index (χ0n) is 18.9. The molecule has 1 aliphatic heterocycles. The van der Waals surface area contributed by atoms with Crippen molar-refractivity contribution in [3.63, 3.8) is 0 Å². The van der Waals surface area contributed by atoms with Crippen LogP contribution in [0.3, 0.4) is 0 Å². The van der Waals surface area contributed by atoms with E-state index in [-0.39, 0.29) is 17.7 Å². The van der Waals surface area contributed by atoms with E-state index in [2.05, 4.69) is 37.4 Å².